The van der Waals surface area contributed by atoms with Gasteiger partial charge in [0.15, 0.2) is 0 Å². The number of benzene rings is 2. The largest absolute Gasteiger partial charge is 0.497 e. The molecule has 26 heavy (non-hydrogen) atoms. The van der Waals surface area contributed by atoms with Gasteiger partial charge in [0.1, 0.15) is 5.75 Å². The Bertz CT molecular complexity index is 741. The van der Waals surface area contributed by atoms with E-state index < -0.39 is 0 Å². The molecule has 2 aliphatic rings. The van der Waals surface area contributed by atoms with Crippen LogP contribution >= 0.6 is 11.8 Å². The highest BCUT2D eigenvalue weighted by molar-refractivity contribution is 8.01. The highest BCUT2D eigenvalue weighted by Crippen LogP contribution is 2.38. The van der Waals surface area contributed by atoms with Crippen molar-refractivity contribution in [3.63, 3.8) is 0 Å². The van der Waals surface area contributed by atoms with E-state index in [1.165, 1.54) is 16.0 Å². The van der Waals surface area contributed by atoms with Crippen LogP contribution < -0.4 is 4.74 Å². The van der Waals surface area contributed by atoms with Crippen LogP contribution in [0.3, 0.4) is 0 Å². The van der Waals surface area contributed by atoms with Crippen molar-refractivity contribution in [1.29, 1.82) is 0 Å². The van der Waals surface area contributed by atoms with Crippen molar-refractivity contribution in [2.24, 2.45) is 5.92 Å². The lowest BCUT2D eigenvalue weighted by Gasteiger charge is -2.33. The van der Waals surface area contributed by atoms with Gasteiger partial charge in [0.05, 0.1) is 12.4 Å². The summed E-state index contributed by atoms with van der Waals surface area (Å²) in [5.74, 6) is 1.90. The molecule has 2 aromatic rings. The molecule has 0 aromatic heterocycles. The summed E-state index contributed by atoms with van der Waals surface area (Å²) < 4.78 is 5.23. The van der Waals surface area contributed by atoms with Gasteiger partial charge in [-0.05, 0) is 60.9 Å². The number of hydrogen-bond donors (Lipinski definition) is 0. The van der Waals surface area contributed by atoms with Gasteiger partial charge in [-0.25, -0.2) is 0 Å². The van der Waals surface area contributed by atoms with Crippen LogP contribution in [0.1, 0.15) is 24.0 Å². The Labute approximate surface area is 159 Å². The normalized spacial score (nSPS) is 20.0. The first kappa shape index (κ1) is 17.5. The zero-order valence-electron chi connectivity index (χ0n) is 15.2. The molecular weight excluding hydrogens is 342 g/mol. The van der Waals surface area contributed by atoms with Crippen molar-refractivity contribution >= 4 is 17.7 Å². The molecule has 1 fully saturated rings. The van der Waals surface area contributed by atoms with Gasteiger partial charge in [-0.1, -0.05) is 30.3 Å². The standard InChI is InChI=1S/C22H25NO2S/c1-25-19-8-6-16(7-9-19)14-17-10-12-23(13-11-17)22(24)21-15-18-4-2-3-5-20(18)26-21/h2-9,17,21H,10-15H2,1H3. The van der Waals surface area contributed by atoms with E-state index in [1.807, 2.05) is 12.1 Å². The first-order chi connectivity index (χ1) is 12.7. The van der Waals surface area contributed by atoms with Gasteiger partial charge in [0.25, 0.3) is 0 Å². The second-order valence-corrected chi connectivity index (χ2v) is 8.48. The van der Waals surface area contributed by atoms with Gasteiger partial charge in [-0.15, -0.1) is 11.8 Å². The van der Waals surface area contributed by atoms with E-state index in [0.29, 0.717) is 11.8 Å². The first-order valence-corrected chi connectivity index (χ1v) is 10.3. The lowest BCUT2D eigenvalue weighted by Crippen LogP contribution is -2.43. The molecule has 0 aliphatic carbocycles. The SMILES string of the molecule is COc1ccc(CC2CCN(C(=O)C3Cc4ccccc4S3)CC2)cc1. The van der Waals surface area contributed by atoms with Crippen molar-refractivity contribution in [2.45, 2.75) is 35.8 Å². The Kier molecular flexibility index (Phi) is 5.21. The van der Waals surface area contributed by atoms with E-state index >= 15 is 0 Å². The monoisotopic (exact) mass is 367 g/mol. The fourth-order valence-corrected chi connectivity index (χ4v) is 5.26. The molecule has 0 N–H and O–H groups in total. The van der Waals surface area contributed by atoms with Crippen LogP contribution in [-0.4, -0.2) is 36.3 Å². The minimum absolute atomic E-state index is 0.0746. The summed E-state index contributed by atoms with van der Waals surface area (Å²) in [5.41, 5.74) is 2.68. The van der Waals surface area contributed by atoms with E-state index in [2.05, 4.69) is 41.3 Å². The molecule has 3 nitrogen and oxygen atoms in total. The number of thioether (sulfide) groups is 1. The minimum atomic E-state index is 0.0746. The quantitative estimate of drug-likeness (QED) is 0.811. The van der Waals surface area contributed by atoms with Gasteiger partial charge in [0, 0.05) is 18.0 Å². The number of nitrogens with zero attached hydrogens (tertiary/aromatic N) is 1. The molecule has 136 valence electrons. The lowest BCUT2D eigenvalue weighted by atomic mass is 9.90. The molecule has 2 aliphatic heterocycles. The Hall–Kier alpha value is -1.94. The third-order valence-electron chi connectivity index (χ3n) is 5.53. The highest BCUT2D eigenvalue weighted by atomic mass is 32.2. The van der Waals surface area contributed by atoms with Crippen LogP contribution in [0.4, 0.5) is 0 Å². The maximum atomic E-state index is 12.9. The summed E-state index contributed by atoms with van der Waals surface area (Å²) >= 11 is 1.74. The summed E-state index contributed by atoms with van der Waals surface area (Å²) in [6.45, 7) is 1.79. The van der Waals surface area contributed by atoms with Crippen molar-refractivity contribution in [3.8, 4) is 5.75 Å². The molecule has 0 saturated carbocycles. The van der Waals surface area contributed by atoms with Gasteiger partial charge in [0.2, 0.25) is 5.91 Å². The van der Waals surface area contributed by atoms with Crippen LogP contribution in [0.15, 0.2) is 53.4 Å². The molecule has 1 atom stereocenters. The predicted molar refractivity (Wildman–Crippen MR) is 106 cm³/mol. The average Bonchev–Trinajstić information content (AvgIpc) is 3.13. The van der Waals surface area contributed by atoms with Crippen molar-refractivity contribution in [1.82, 2.24) is 4.90 Å². The van der Waals surface area contributed by atoms with Gasteiger partial charge in [-0.3, -0.25) is 4.79 Å². The Morgan fingerprint density at radius 3 is 2.54 bits per heavy atom. The number of amides is 1. The molecule has 0 spiro atoms. The highest BCUT2D eigenvalue weighted by Gasteiger charge is 2.33. The third-order valence-corrected chi connectivity index (χ3v) is 6.84. The Balaban J connectivity index is 1.29. The molecule has 0 bridgehead atoms. The molecule has 2 heterocycles. The lowest BCUT2D eigenvalue weighted by molar-refractivity contribution is -0.131. The zero-order chi connectivity index (χ0) is 17.9. The van der Waals surface area contributed by atoms with E-state index in [-0.39, 0.29) is 5.25 Å². The average molecular weight is 368 g/mol. The van der Waals surface area contributed by atoms with E-state index in [1.54, 1.807) is 18.9 Å². The Morgan fingerprint density at radius 2 is 1.85 bits per heavy atom. The summed E-state index contributed by atoms with van der Waals surface area (Å²) in [6.07, 6.45) is 4.17. The van der Waals surface area contributed by atoms with Crippen molar-refractivity contribution in [3.05, 3.63) is 59.7 Å². The van der Waals surface area contributed by atoms with Crippen molar-refractivity contribution < 1.29 is 9.53 Å². The number of fused-ring (bicyclic) bond motifs is 1. The molecule has 1 unspecified atom stereocenters. The van der Waals surface area contributed by atoms with Gasteiger partial charge < -0.3 is 9.64 Å². The first-order valence-electron chi connectivity index (χ1n) is 9.39. The van der Waals surface area contributed by atoms with Crippen LogP contribution in [0.5, 0.6) is 5.75 Å². The van der Waals surface area contributed by atoms with E-state index in [9.17, 15) is 4.79 Å². The third kappa shape index (κ3) is 3.75. The number of carbonyl (C=O) groups is 1. The van der Waals surface area contributed by atoms with E-state index in [4.69, 9.17) is 4.74 Å². The maximum Gasteiger partial charge on any atom is 0.236 e. The van der Waals surface area contributed by atoms with Crippen LogP contribution in [0.25, 0.3) is 0 Å². The number of rotatable bonds is 4. The minimum Gasteiger partial charge on any atom is -0.497 e. The number of methoxy groups -OCH3 is 1. The van der Waals surface area contributed by atoms with E-state index in [0.717, 1.165) is 44.5 Å². The summed E-state index contributed by atoms with van der Waals surface area (Å²) in [6, 6.07) is 16.8. The molecular formula is C22H25NO2S. The van der Waals surface area contributed by atoms with Gasteiger partial charge >= 0.3 is 0 Å². The molecule has 2 aromatic carbocycles. The number of hydrogen-bond acceptors (Lipinski definition) is 3. The van der Waals surface area contributed by atoms with Crippen LogP contribution in [0.2, 0.25) is 0 Å². The molecule has 4 heteroatoms. The fraction of sp³-hybridized carbons (Fsp3) is 0.409. The second-order valence-electron chi connectivity index (χ2n) is 7.24. The topological polar surface area (TPSA) is 29.5 Å². The number of ether oxygens (including phenoxy) is 1. The number of carbonyl (C=O) groups excluding carboxylic acids is 1. The summed E-state index contributed by atoms with van der Waals surface area (Å²) in [5, 5.41) is 0.0746. The summed E-state index contributed by atoms with van der Waals surface area (Å²) in [7, 11) is 1.70. The molecule has 1 amide bonds. The molecule has 4 rings (SSSR count). The van der Waals surface area contributed by atoms with Gasteiger partial charge in [-0.2, -0.15) is 0 Å². The van der Waals surface area contributed by atoms with Crippen molar-refractivity contribution in [2.75, 3.05) is 20.2 Å². The number of likely N-dealkylation sites (tertiary alicyclic amines) is 1. The van der Waals surface area contributed by atoms with Crippen LogP contribution in [0, 0.1) is 5.92 Å². The second kappa shape index (κ2) is 7.75. The zero-order valence-corrected chi connectivity index (χ0v) is 16.0. The fourth-order valence-electron chi connectivity index (χ4n) is 3.98. The predicted octanol–water partition coefficient (Wildman–Crippen LogP) is 4.19. The maximum absolute atomic E-state index is 12.9. The summed E-state index contributed by atoms with van der Waals surface area (Å²) in [4.78, 5) is 16.3. The molecule has 0 radical (unpaired) electrons. The van der Waals surface area contributed by atoms with Crippen LogP contribution in [-0.2, 0) is 17.6 Å². The smallest absolute Gasteiger partial charge is 0.236 e. The molecule has 1 saturated heterocycles. The number of piperidine rings is 1. The Morgan fingerprint density at radius 1 is 1.12 bits per heavy atom.